The summed E-state index contributed by atoms with van der Waals surface area (Å²) < 4.78 is 32.9. The summed E-state index contributed by atoms with van der Waals surface area (Å²) in [6.07, 6.45) is -1.14. The average Bonchev–Trinajstić information content (AvgIpc) is 2.97. The number of rotatable bonds is 4. The maximum Gasteiger partial charge on any atom is 0.345 e. The number of fused-ring (bicyclic) bond motifs is 1. The number of carboxylic acids is 1. The first kappa shape index (κ1) is 18.1. The molecule has 1 atom stereocenters. The molecule has 2 N–H and O–H groups in total. The molecule has 0 amide bonds. The van der Waals surface area contributed by atoms with Gasteiger partial charge in [0.1, 0.15) is 15.7 Å². The van der Waals surface area contributed by atoms with Gasteiger partial charge in [0.2, 0.25) is 0 Å². The Bertz CT molecular complexity index is 960. The van der Waals surface area contributed by atoms with Gasteiger partial charge in [-0.25, -0.2) is 13.2 Å². The summed E-state index contributed by atoms with van der Waals surface area (Å²) in [5.41, 5.74) is 0.648. The van der Waals surface area contributed by atoms with Gasteiger partial charge < -0.3 is 9.84 Å². The molecule has 0 aromatic heterocycles. The van der Waals surface area contributed by atoms with E-state index in [1.165, 1.54) is 30.3 Å². The van der Waals surface area contributed by atoms with Crippen molar-refractivity contribution in [2.24, 2.45) is 0 Å². The van der Waals surface area contributed by atoms with Crippen LogP contribution in [0.15, 0.2) is 35.2 Å². The first-order valence-corrected chi connectivity index (χ1v) is 9.49. The Morgan fingerprint density at radius 1 is 1.16 bits per heavy atom. The molecule has 1 unspecified atom stereocenters. The van der Waals surface area contributed by atoms with Gasteiger partial charge in [0.05, 0.1) is 5.02 Å². The molecule has 2 aromatic rings. The fourth-order valence-corrected chi connectivity index (χ4v) is 4.45. The van der Waals surface area contributed by atoms with Gasteiger partial charge in [0.25, 0.3) is 10.0 Å². The van der Waals surface area contributed by atoms with Crippen LogP contribution < -0.4 is 9.46 Å². The van der Waals surface area contributed by atoms with Gasteiger partial charge in [-0.05, 0) is 30.3 Å². The van der Waals surface area contributed by atoms with Crippen LogP contribution in [0.2, 0.25) is 15.1 Å². The van der Waals surface area contributed by atoms with E-state index in [-0.39, 0.29) is 32.8 Å². The van der Waals surface area contributed by atoms with Gasteiger partial charge in [-0.15, -0.1) is 0 Å². The lowest BCUT2D eigenvalue weighted by Crippen LogP contribution is -2.24. The van der Waals surface area contributed by atoms with E-state index in [4.69, 9.17) is 44.6 Å². The molecular formula is C15H10Cl3NO5S. The lowest BCUT2D eigenvalue weighted by atomic mass is 10.1. The summed E-state index contributed by atoms with van der Waals surface area (Å²) in [5, 5.41) is 9.12. The van der Waals surface area contributed by atoms with Crippen LogP contribution in [-0.2, 0) is 21.2 Å². The van der Waals surface area contributed by atoms with Crippen LogP contribution in [0.3, 0.4) is 0 Å². The van der Waals surface area contributed by atoms with Gasteiger partial charge in [0, 0.05) is 22.7 Å². The summed E-state index contributed by atoms with van der Waals surface area (Å²) >= 11 is 17.9. The molecule has 3 rings (SSSR count). The van der Waals surface area contributed by atoms with E-state index in [0.717, 1.165) is 0 Å². The van der Waals surface area contributed by atoms with Crippen LogP contribution >= 0.6 is 34.8 Å². The Labute approximate surface area is 158 Å². The number of anilines is 1. The van der Waals surface area contributed by atoms with Crippen molar-refractivity contribution < 1.29 is 23.1 Å². The summed E-state index contributed by atoms with van der Waals surface area (Å²) in [6.45, 7) is 0. The van der Waals surface area contributed by atoms with Crippen molar-refractivity contribution in [1.29, 1.82) is 0 Å². The number of aliphatic carboxylic acids is 1. The summed E-state index contributed by atoms with van der Waals surface area (Å²) in [4.78, 5) is 10.8. The lowest BCUT2D eigenvalue weighted by Gasteiger charge is -2.13. The number of ether oxygens (including phenoxy) is 1. The molecular weight excluding hydrogens is 413 g/mol. The number of carboxylic acid groups (broad SMARTS) is 1. The number of carbonyl (C=O) groups is 1. The van der Waals surface area contributed by atoms with Gasteiger partial charge in [-0.2, -0.15) is 0 Å². The molecule has 6 nitrogen and oxygen atoms in total. The Balaban J connectivity index is 2.00. The quantitative estimate of drug-likeness (QED) is 0.781. The second-order valence-electron chi connectivity index (χ2n) is 5.25. The highest BCUT2D eigenvalue weighted by molar-refractivity contribution is 7.92. The van der Waals surface area contributed by atoms with Crippen LogP contribution in [-0.4, -0.2) is 25.6 Å². The predicted octanol–water partition coefficient (Wildman–Crippen LogP) is 3.84. The molecule has 0 bridgehead atoms. The fourth-order valence-electron chi connectivity index (χ4n) is 2.36. The van der Waals surface area contributed by atoms with Crippen LogP contribution in [0, 0.1) is 0 Å². The lowest BCUT2D eigenvalue weighted by molar-refractivity contribution is -0.144. The van der Waals surface area contributed by atoms with E-state index in [1.54, 1.807) is 0 Å². The van der Waals surface area contributed by atoms with Crippen molar-refractivity contribution in [3.63, 3.8) is 0 Å². The van der Waals surface area contributed by atoms with Gasteiger partial charge >= 0.3 is 5.97 Å². The normalized spacial score (nSPS) is 16.2. The predicted molar refractivity (Wildman–Crippen MR) is 94.5 cm³/mol. The van der Waals surface area contributed by atoms with Crippen molar-refractivity contribution in [3.05, 3.63) is 51.0 Å². The minimum atomic E-state index is -4.05. The van der Waals surface area contributed by atoms with Gasteiger partial charge in [-0.1, -0.05) is 34.8 Å². The maximum absolute atomic E-state index is 12.6. The molecule has 25 heavy (non-hydrogen) atoms. The van der Waals surface area contributed by atoms with Crippen molar-refractivity contribution in [2.45, 2.75) is 17.4 Å². The van der Waals surface area contributed by atoms with E-state index in [9.17, 15) is 13.2 Å². The van der Waals surface area contributed by atoms with E-state index >= 15 is 0 Å². The van der Waals surface area contributed by atoms with E-state index < -0.39 is 22.1 Å². The Morgan fingerprint density at radius 3 is 2.40 bits per heavy atom. The minimum Gasteiger partial charge on any atom is -0.478 e. The number of nitrogens with one attached hydrogen (secondary N) is 1. The van der Waals surface area contributed by atoms with Crippen molar-refractivity contribution in [2.75, 3.05) is 4.72 Å². The maximum atomic E-state index is 12.6. The number of benzene rings is 2. The highest BCUT2D eigenvalue weighted by Gasteiger charge is 2.34. The standard InChI is InChI=1S/C15H10Cl3NO5S/c16-8-1-3-9(4-2-8)19-25(22,23)11-6-7-5-10(15(20)21)24-14(7)13(18)12(11)17/h1-4,6,10,19H,5H2,(H,20,21). The second-order valence-corrected chi connectivity index (χ2v) is 8.10. The van der Waals surface area contributed by atoms with E-state index in [0.29, 0.717) is 10.6 Å². The van der Waals surface area contributed by atoms with E-state index in [2.05, 4.69) is 4.72 Å². The van der Waals surface area contributed by atoms with Crippen LogP contribution in [0.1, 0.15) is 5.56 Å². The molecule has 0 radical (unpaired) electrons. The fraction of sp³-hybridized carbons (Fsp3) is 0.133. The van der Waals surface area contributed by atoms with Gasteiger partial charge in [0.15, 0.2) is 6.10 Å². The highest BCUT2D eigenvalue weighted by Crippen LogP contribution is 2.44. The Hall–Kier alpha value is -1.67. The Kier molecular flexibility index (Phi) is 4.76. The van der Waals surface area contributed by atoms with Crippen LogP contribution in [0.25, 0.3) is 0 Å². The van der Waals surface area contributed by atoms with Crippen molar-refractivity contribution in [1.82, 2.24) is 0 Å². The molecule has 1 heterocycles. The zero-order chi connectivity index (χ0) is 18.4. The monoisotopic (exact) mass is 421 g/mol. The molecule has 0 spiro atoms. The average molecular weight is 423 g/mol. The molecule has 132 valence electrons. The largest absolute Gasteiger partial charge is 0.478 e. The second kappa shape index (κ2) is 6.57. The molecule has 0 fully saturated rings. The van der Waals surface area contributed by atoms with Crippen molar-refractivity contribution >= 4 is 56.5 Å². The molecule has 10 heteroatoms. The minimum absolute atomic E-state index is 0.00891. The molecule has 1 aliphatic rings. The number of sulfonamides is 1. The SMILES string of the molecule is O=C(O)C1Cc2cc(S(=O)(=O)Nc3ccc(Cl)cc3)c(Cl)c(Cl)c2O1. The van der Waals surface area contributed by atoms with Crippen molar-refractivity contribution in [3.8, 4) is 5.75 Å². The topological polar surface area (TPSA) is 92.7 Å². The number of hydrogen-bond acceptors (Lipinski definition) is 4. The summed E-state index contributed by atoms with van der Waals surface area (Å²) in [6, 6.07) is 7.31. The Morgan fingerprint density at radius 2 is 1.80 bits per heavy atom. The number of halogens is 3. The molecule has 0 aliphatic carbocycles. The molecule has 2 aromatic carbocycles. The zero-order valence-electron chi connectivity index (χ0n) is 12.3. The highest BCUT2D eigenvalue weighted by atomic mass is 35.5. The third-order valence-corrected chi connectivity index (χ3v) is 6.15. The third kappa shape index (κ3) is 3.50. The van der Waals surface area contributed by atoms with Crippen LogP contribution in [0.4, 0.5) is 5.69 Å². The number of hydrogen-bond donors (Lipinski definition) is 2. The molecule has 0 saturated carbocycles. The van der Waals surface area contributed by atoms with Gasteiger partial charge in [-0.3, -0.25) is 4.72 Å². The van der Waals surface area contributed by atoms with Crippen LogP contribution in [0.5, 0.6) is 5.75 Å². The van der Waals surface area contributed by atoms with E-state index in [1.807, 2.05) is 0 Å². The smallest absolute Gasteiger partial charge is 0.345 e. The first-order valence-electron chi connectivity index (χ1n) is 6.88. The first-order chi connectivity index (χ1) is 11.7. The molecule has 1 aliphatic heterocycles. The zero-order valence-corrected chi connectivity index (χ0v) is 15.4. The molecule has 0 saturated heterocycles. The summed E-state index contributed by atoms with van der Waals surface area (Å²) in [7, 11) is -4.05. The summed E-state index contributed by atoms with van der Waals surface area (Å²) in [5.74, 6) is -1.09. The third-order valence-electron chi connectivity index (χ3n) is 3.53.